The smallest absolute Gasteiger partial charge is 0.410 e. The number of hydrogen-bond donors (Lipinski definition) is 1. The van der Waals surface area contributed by atoms with E-state index >= 15 is 0 Å². The number of carbonyl (C=O) groups is 1. The standard InChI is InChI=1S/C22H25F2N5O2/c1-2-29(21(30)31-13-16-7-4-3-5-8-16)22(20(23)24)10-6-12-28(14-22)19-17-9-11-25-18(17)26-15-27-19/h3-5,7-9,11,15,20H,2,6,10,12-14H2,1H3,(H,25,26,27). The van der Waals surface area contributed by atoms with Crippen molar-refractivity contribution in [1.82, 2.24) is 19.9 Å². The first-order valence-electron chi connectivity index (χ1n) is 10.3. The maximum Gasteiger partial charge on any atom is 0.410 e. The molecule has 1 amide bonds. The highest BCUT2D eigenvalue weighted by Gasteiger charge is 2.50. The number of alkyl halides is 2. The largest absolute Gasteiger partial charge is 0.445 e. The number of H-pyrrole nitrogens is 1. The first-order valence-corrected chi connectivity index (χ1v) is 10.3. The number of ether oxygens (including phenoxy) is 1. The van der Waals surface area contributed by atoms with Crippen LogP contribution in [0.4, 0.5) is 19.4 Å². The van der Waals surface area contributed by atoms with Crippen LogP contribution < -0.4 is 4.90 Å². The first kappa shape index (κ1) is 21.0. The van der Waals surface area contributed by atoms with E-state index in [1.54, 1.807) is 13.1 Å². The number of amides is 1. The SMILES string of the molecule is CCN(C(=O)OCc1ccccc1)C1(C(F)F)CCCN(c2ncnc3[nH]ccc23)C1. The number of aromatic amines is 1. The minimum absolute atomic E-state index is 0.0315. The third-order valence-corrected chi connectivity index (χ3v) is 5.82. The van der Waals surface area contributed by atoms with E-state index in [9.17, 15) is 13.6 Å². The van der Waals surface area contributed by atoms with Crippen molar-refractivity contribution < 1.29 is 18.3 Å². The Hall–Kier alpha value is -3.23. The summed E-state index contributed by atoms with van der Waals surface area (Å²) in [6.45, 7) is 2.39. The molecule has 164 valence electrons. The van der Waals surface area contributed by atoms with Crippen molar-refractivity contribution >= 4 is 22.9 Å². The van der Waals surface area contributed by atoms with Crippen LogP contribution in [-0.4, -0.2) is 57.5 Å². The monoisotopic (exact) mass is 429 g/mol. The Morgan fingerprint density at radius 1 is 1.29 bits per heavy atom. The third kappa shape index (κ3) is 4.04. The molecule has 2 aromatic heterocycles. The van der Waals surface area contributed by atoms with Crippen molar-refractivity contribution in [3.8, 4) is 0 Å². The molecule has 4 rings (SSSR count). The highest BCUT2D eigenvalue weighted by atomic mass is 19.3. The Morgan fingerprint density at radius 2 is 2.10 bits per heavy atom. The lowest BCUT2D eigenvalue weighted by atomic mass is 9.87. The van der Waals surface area contributed by atoms with Crippen LogP contribution in [0.15, 0.2) is 48.9 Å². The van der Waals surface area contributed by atoms with Crippen molar-refractivity contribution in [1.29, 1.82) is 0 Å². The van der Waals surface area contributed by atoms with Crippen LogP contribution in [0.1, 0.15) is 25.3 Å². The highest BCUT2D eigenvalue weighted by Crippen LogP contribution is 2.37. The van der Waals surface area contributed by atoms with Gasteiger partial charge in [0, 0.05) is 25.8 Å². The van der Waals surface area contributed by atoms with Gasteiger partial charge in [-0.3, -0.25) is 4.90 Å². The second-order valence-corrected chi connectivity index (χ2v) is 7.65. The quantitative estimate of drug-likeness (QED) is 0.635. The average Bonchev–Trinajstić information content (AvgIpc) is 3.28. The molecule has 9 heteroatoms. The molecule has 1 fully saturated rings. The van der Waals surface area contributed by atoms with Gasteiger partial charge in [0.15, 0.2) is 0 Å². The van der Waals surface area contributed by atoms with Gasteiger partial charge in [0.2, 0.25) is 0 Å². The van der Waals surface area contributed by atoms with Gasteiger partial charge < -0.3 is 14.6 Å². The van der Waals surface area contributed by atoms with Crippen molar-refractivity contribution in [2.75, 3.05) is 24.5 Å². The average molecular weight is 429 g/mol. The third-order valence-electron chi connectivity index (χ3n) is 5.82. The van der Waals surface area contributed by atoms with Crippen LogP contribution in [-0.2, 0) is 11.3 Å². The van der Waals surface area contributed by atoms with E-state index in [0.29, 0.717) is 24.4 Å². The van der Waals surface area contributed by atoms with Crippen molar-refractivity contribution in [3.05, 3.63) is 54.5 Å². The Morgan fingerprint density at radius 3 is 2.84 bits per heavy atom. The lowest BCUT2D eigenvalue weighted by molar-refractivity contribution is -0.0563. The molecule has 1 aromatic carbocycles. The molecule has 1 N–H and O–H groups in total. The Bertz CT molecular complexity index is 1030. The van der Waals surface area contributed by atoms with E-state index in [0.717, 1.165) is 10.9 Å². The van der Waals surface area contributed by atoms with Gasteiger partial charge in [-0.05, 0) is 31.4 Å². The van der Waals surface area contributed by atoms with Gasteiger partial charge in [-0.2, -0.15) is 0 Å². The number of aromatic nitrogens is 3. The molecular formula is C22H25F2N5O2. The zero-order valence-electron chi connectivity index (χ0n) is 17.3. The molecule has 31 heavy (non-hydrogen) atoms. The van der Waals surface area contributed by atoms with E-state index in [2.05, 4.69) is 15.0 Å². The maximum absolute atomic E-state index is 14.6. The summed E-state index contributed by atoms with van der Waals surface area (Å²) in [5, 5.41) is 0.766. The number of anilines is 1. The van der Waals surface area contributed by atoms with Crippen LogP contribution in [0, 0.1) is 0 Å². The van der Waals surface area contributed by atoms with E-state index in [-0.39, 0.29) is 26.1 Å². The van der Waals surface area contributed by atoms with Crippen molar-refractivity contribution in [3.63, 3.8) is 0 Å². The van der Waals surface area contributed by atoms with E-state index in [4.69, 9.17) is 4.74 Å². The predicted octanol–water partition coefficient (Wildman–Crippen LogP) is 4.22. The predicted molar refractivity (Wildman–Crippen MR) is 113 cm³/mol. The van der Waals surface area contributed by atoms with Crippen LogP contribution in [0.3, 0.4) is 0 Å². The van der Waals surface area contributed by atoms with E-state index < -0.39 is 18.1 Å². The van der Waals surface area contributed by atoms with Gasteiger partial charge in [-0.1, -0.05) is 30.3 Å². The molecule has 0 spiro atoms. The molecule has 1 aliphatic rings. The molecule has 0 aliphatic carbocycles. The lowest BCUT2D eigenvalue weighted by Crippen LogP contribution is -2.64. The van der Waals surface area contributed by atoms with Crippen molar-refractivity contribution in [2.24, 2.45) is 0 Å². The summed E-state index contributed by atoms with van der Waals surface area (Å²) in [7, 11) is 0. The zero-order valence-corrected chi connectivity index (χ0v) is 17.3. The Kier molecular flexibility index (Phi) is 6.01. The summed E-state index contributed by atoms with van der Waals surface area (Å²) >= 11 is 0. The number of fused-ring (bicyclic) bond motifs is 1. The topological polar surface area (TPSA) is 74.3 Å². The molecular weight excluding hydrogens is 404 g/mol. The van der Waals surface area contributed by atoms with Crippen molar-refractivity contribution in [2.45, 2.75) is 38.3 Å². The van der Waals surface area contributed by atoms with Gasteiger partial charge in [0.1, 0.15) is 29.9 Å². The van der Waals surface area contributed by atoms with E-state index in [1.807, 2.05) is 41.3 Å². The minimum Gasteiger partial charge on any atom is -0.445 e. The molecule has 1 unspecified atom stereocenters. The Balaban J connectivity index is 1.59. The summed E-state index contributed by atoms with van der Waals surface area (Å²) < 4.78 is 34.5. The molecule has 0 bridgehead atoms. The van der Waals surface area contributed by atoms with Gasteiger partial charge in [0.25, 0.3) is 6.43 Å². The van der Waals surface area contributed by atoms with Crippen LogP contribution in [0.25, 0.3) is 11.0 Å². The number of benzene rings is 1. The van der Waals surface area contributed by atoms with Crippen LogP contribution >= 0.6 is 0 Å². The molecule has 3 heterocycles. The fraction of sp³-hybridized carbons (Fsp3) is 0.409. The minimum atomic E-state index is -2.73. The highest BCUT2D eigenvalue weighted by molar-refractivity contribution is 5.87. The molecule has 3 aromatic rings. The summed E-state index contributed by atoms with van der Waals surface area (Å²) in [4.78, 5) is 27.4. The number of likely N-dealkylation sites (N-methyl/N-ethyl adjacent to an activating group) is 1. The number of carbonyl (C=O) groups excluding carboxylic acids is 1. The van der Waals surface area contributed by atoms with Crippen LogP contribution in [0.5, 0.6) is 0 Å². The fourth-order valence-electron chi connectivity index (χ4n) is 4.30. The summed E-state index contributed by atoms with van der Waals surface area (Å²) in [5.41, 5.74) is -0.208. The van der Waals surface area contributed by atoms with Crippen LogP contribution in [0.2, 0.25) is 0 Å². The number of rotatable bonds is 6. The first-order chi connectivity index (χ1) is 15.0. The molecule has 0 radical (unpaired) electrons. The fourth-order valence-corrected chi connectivity index (χ4v) is 4.30. The molecule has 0 saturated carbocycles. The lowest BCUT2D eigenvalue weighted by Gasteiger charge is -2.48. The number of nitrogens with zero attached hydrogens (tertiary/aromatic N) is 4. The number of halogens is 2. The van der Waals surface area contributed by atoms with Gasteiger partial charge in [-0.25, -0.2) is 23.5 Å². The summed E-state index contributed by atoms with van der Waals surface area (Å²) in [5.74, 6) is 0.588. The maximum atomic E-state index is 14.6. The number of hydrogen-bond acceptors (Lipinski definition) is 5. The number of nitrogens with one attached hydrogen (secondary N) is 1. The number of piperidine rings is 1. The normalized spacial score (nSPS) is 19.0. The van der Waals surface area contributed by atoms with E-state index in [1.165, 1.54) is 11.2 Å². The van der Waals surface area contributed by atoms with Gasteiger partial charge in [0.05, 0.1) is 5.39 Å². The molecule has 1 aliphatic heterocycles. The second-order valence-electron chi connectivity index (χ2n) is 7.65. The van der Waals surface area contributed by atoms with Gasteiger partial charge in [-0.15, -0.1) is 0 Å². The van der Waals surface area contributed by atoms with Gasteiger partial charge >= 0.3 is 6.09 Å². The molecule has 7 nitrogen and oxygen atoms in total. The zero-order chi connectivity index (χ0) is 21.8. The Labute approximate surface area is 179 Å². The molecule has 1 saturated heterocycles. The second kappa shape index (κ2) is 8.87. The summed E-state index contributed by atoms with van der Waals surface area (Å²) in [6, 6.07) is 11.0. The summed E-state index contributed by atoms with van der Waals surface area (Å²) in [6.07, 6.45) is 0.385. The molecule has 1 atom stereocenters.